The van der Waals surface area contributed by atoms with E-state index < -0.39 is 4.92 Å². The molecule has 94 valence electrons. The first kappa shape index (κ1) is 13.7. The zero-order valence-electron chi connectivity index (χ0n) is 9.94. The van der Waals surface area contributed by atoms with Gasteiger partial charge in [0.15, 0.2) is 0 Å². The Labute approximate surface area is 105 Å². The summed E-state index contributed by atoms with van der Waals surface area (Å²) in [7, 11) is 1.62. The van der Waals surface area contributed by atoms with Gasteiger partial charge in [0.1, 0.15) is 5.02 Å². The van der Waals surface area contributed by atoms with E-state index in [0.717, 1.165) is 0 Å². The molecular formula is C11H15ClN2O3. The molecule has 0 aromatic heterocycles. The van der Waals surface area contributed by atoms with Crippen molar-refractivity contribution in [3.8, 4) is 0 Å². The molecule has 1 aromatic rings. The van der Waals surface area contributed by atoms with Crippen LogP contribution in [-0.4, -0.2) is 24.2 Å². The average Bonchev–Trinajstić information content (AvgIpc) is 2.30. The molecule has 17 heavy (non-hydrogen) atoms. The lowest BCUT2D eigenvalue weighted by atomic mass is 10.2. The van der Waals surface area contributed by atoms with E-state index in [0.29, 0.717) is 5.69 Å². The lowest BCUT2D eigenvalue weighted by Crippen LogP contribution is -2.29. The zero-order valence-corrected chi connectivity index (χ0v) is 10.7. The van der Waals surface area contributed by atoms with Crippen molar-refractivity contribution in [2.45, 2.75) is 26.0 Å². The van der Waals surface area contributed by atoms with Crippen molar-refractivity contribution in [3.05, 3.63) is 33.3 Å². The first-order chi connectivity index (χ1) is 7.95. The molecule has 0 amide bonds. The van der Waals surface area contributed by atoms with Gasteiger partial charge in [-0.1, -0.05) is 11.6 Å². The summed E-state index contributed by atoms with van der Waals surface area (Å²) in [5.74, 6) is 0. The third kappa shape index (κ3) is 3.57. The molecule has 0 saturated carbocycles. The molecular weight excluding hydrogens is 244 g/mol. The quantitative estimate of drug-likeness (QED) is 0.651. The van der Waals surface area contributed by atoms with Gasteiger partial charge in [0.2, 0.25) is 0 Å². The first-order valence-electron chi connectivity index (χ1n) is 5.19. The number of benzene rings is 1. The maximum atomic E-state index is 10.7. The lowest BCUT2D eigenvalue weighted by molar-refractivity contribution is -0.384. The fourth-order valence-electron chi connectivity index (χ4n) is 1.33. The van der Waals surface area contributed by atoms with Crippen LogP contribution in [0.15, 0.2) is 18.2 Å². The van der Waals surface area contributed by atoms with Crippen LogP contribution in [0.4, 0.5) is 11.4 Å². The van der Waals surface area contributed by atoms with Gasteiger partial charge in [-0.2, -0.15) is 0 Å². The Hall–Kier alpha value is -1.33. The topological polar surface area (TPSA) is 64.4 Å². The number of anilines is 1. The Kier molecular flexibility index (Phi) is 4.72. The van der Waals surface area contributed by atoms with Crippen LogP contribution in [0.25, 0.3) is 0 Å². The third-order valence-electron chi connectivity index (χ3n) is 2.61. The van der Waals surface area contributed by atoms with Gasteiger partial charge in [0.25, 0.3) is 5.69 Å². The zero-order chi connectivity index (χ0) is 13.0. The second-order valence-corrected chi connectivity index (χ2v) is 4.20. The number of ether oxygens (including phenoxy) is 1. The fourth-order valence-corrected chi connectivity index (χ4v) is 1.51. The Morgan fingerprint density at radius 1 is 1.47 bits per heavy atom. The molecule has 0 aliphatic carbocycles. The van der Waals surface area contributed by atoms with Gasteiger partial charge >= 0.3 is 0 Å². The molecule has 0 aliphatic heterocycles. The summed E-state index contributed by atoms with van der Waals surface area (Å²) >= 11 is 5.72. The molecule has 1 aromatic carbocycles. The van der Waals surface area contributed by atoms with Crippen LogP contribution in [0.3, 0.4) is 0 Å². The first-order valence-corrected chi connectivity index (χ1v) is 5.56. The van der Waals surface area contributed by atoms with Crippen LogP contribution in [0.2, 0.25) is 5.02 Å². The molecule has 2 unspecified atom stereocenters. The largest absolute Gasteiger partial charge is 0.380 e. The number of hydrogen-bond acceptors (Lipinski definition) is 4. The second kappa shape index (κ2) is 5.84. The van der Waals surface area contributed by atoms with Gasteiger partial charge in [0.05, 0.1) is 11.0 Å². The van der Waals surface area contributed by atoms with Crippen LogP contribution >= 0.6 is 11.6 Å². The summed E-state index contributed by atoms with van der Waals surface area (Å²) < 4.78 is 5.16. The normalized spacial score (nSPS) is 14.1. The highest BCUT2D eigenvalue weighted by atomic mass is 35.5. The van der Waals surface area contributed by atoms with E-state index in [1.807, 2.05) is 13.8 Å². The molecule has 0 aliphatic rings. The molecule has 0 radical (unpaired) electrons. The van der Waals surface area contributed by atoms with E-state index in [-0.39, 0.29) is 22.9 Å². The van der Waals surface area contributed by atoms with Crippen LogP contribution in [0.5, 0.6) is 0 Å². The summed E-state index contributed by atoms with van der Waals surface area (Å²) in [4.78, 5) is 10.2. The van der Waals surface area contributed by atoms with Crippen molar-refractivity contribution < 1.29 is 9.66 Å². The Balaban J connectivity index is 2.86. The molecule has 1 N–H and O–H groups in total. The molecule has 0 bridgehead atoms. The van der Waals surface area contributed by atoms with Crippen molar-refractivity contribution in [3.63, 3.8) is 0 Å². The Bertz CT molecular complexity index is 412. The number of halogens is 1. The summed E-state index contributed by atoms with van der Waals surface area (Å²) in [6, 6.07) is 4.67. The van der Waals surface area contributed by atoms with Crippen LogP contribution in [0.1, 0.15) is 13.8 Å². The molecule has 0 spiro atoms. The van der Waals surface area contributed by atoms with E-state index in [1.165, 1.54) is 12.1 Å². The highest BCUT2D eigenvalue weighted by molar-refractivity contribution is 6.32. The van der Waals surface area contributed by atoms with Gasteiger partial charge in [-0.3, -0.25) is 10.1 Å². The van der Waals surface area contributed by atoms with Crippen molar-refractivity contribution in [2.24, 2.45) is 0 Å². The molecule has 0 fully saturated rings. The Morgan fingerprint density at radius 2 is 2.12 bits per heavy atom. The van der Waals surface area contributed by atoms with Crippen molar-refractivity contribution in [1.82, 2.24) is 0 Å². The monoisotopic (exact) mass is 258 g/mol. The van der Waals surface area contributed by atoms with Gasteiger partial charge in [0, 0.05) is 24.9 Å². The number of rotatable bonds is 5. The molecule has 1 rings (SSSR count). The second-order valence-electron chi connectivity index (χ2n) is 3.80. The van der Waals surface area contributed by atoms with Crippen molar-refractivity contribution in [1.29, 1.82) is 0 Å². The minimum absolute atomic E-state index is 0.00438. The average molecular weight is 259 g/mol. The minimum Gasteiger partial charge on any atom is -0.380 e. The van der Waals surface area contributed by atoms with Gasteiger partial charge < -0.3 is 10.1 Å². The molecule has 0 heterocycles. The molecule has 0 saturated heterocycles. The van der Waals surface area contributed by atoms with Crippen LogP contribution in [-0.2, 0) is 4.74 Å². The van der Waals surface area contributed by atoms with E-state index in [2.05, 4.69) is 5.32 Å². The van der Waals surface area contributed by atoms with Crippen LogP contribution in [0, 0.1) is 10.1 Å². The predicted octanol–water partition coefficient (Wildman–Crippen LogP) is 3.08. The SMILES string of the molecule is COC(C)C(C)Nc1ccc(Cl)c([N+](=O)[O-])c1. The maximum Gasteiger partial charge on any atom is 0.289 e. The van der Waals surface area contributed by atoms with Gasteiger partial charge in [-0.25, -0.2) is 0 Å². The number of hydrogen-bond donors (Lipinski definition) is 1. The smallest absolute Gasteiger partial charge is 0.289 e. The fraction of sp³-hybridized carbons (Fsp3) is 0.455. The Morgan fingerprint density at radius 3 is 2.65 bits per heavy atom. The number of nitro benzene ring substituents is 1. The summed E-state index contributed by atoms with van der Waals surface area (Å²) in [6.07, 6.45) is 0.00438. The van der Waals surface area contributed by atoms with E-state index in [1.54, 1.807) is 13.2 Å². The number of methoxy groups -OCH3 is 1. The maximum absolute atomic E-state index is 10.7. The summed E-state index contributed by atoms with van der Waals surface area (Å²) in [5.41, 5.74) is 0.548. The molecule has 6 heteroatoms. The molecule has 2 atom stereocenters. The van der Waals surface area contributed by atoms with E-state index in [9.17, 15) is 10.1 Å². The standard InChI is InChI=1S/C11H15ClN2O3/c1-7(8(2)17-3)13-9-4-5-10(12)11(6-9)14(15)16/h4-8,13H,1-3H3. The van der Waals surface area contributed by atoms with E-state index >= 15 is 0 Å². The third-order valence-corrected chi connectivity index (χ3v) is 2.93. The summed E-state index contributed by atoms with van der Waals surface area (Å²) in [5, 5.41) is 14.0. The van der Waals surface area contributed by atoms with E-state index in [4.69, 9.17) is 16.3 Å². The highest BCUT2D eigenvalue weighted by Gasteiger charge is 2.15. The van der Waals surface area contributed by atoms with Gasteiger partial charge in [-0.05, 0) is 26.0 Å². The van der Waals surface area contributed by atoms with Crippen molar-refractivity contribution >= 4 is 23.0 Å². The van der Waals surface area contributed by atoms with Gasteiger partial charge in [-0.15, -0.1) is 0 Å². The van der Waals surface area contributed by atoms with Crippen molar-refractivity contribution in [2.75, 3.05) is 12.4 Å². The number of nitrogens with zero attached hydrogens (tertiary/aromatic N) is 1. The number of nitrogens with one attached hydrogen (secondary N) is 1. The molecule has 5 nitrogen and oxygen atoms in total. The number of nitro groups is 1. The van der Waals surface area contributed by atoms with Crippen LogP contribution < -0.4 is 5.32 Å². The highest BCUT2D eigenvalue weighted by Crippen LogP contribution is 2.27. The lowest BCUT2D eigenvalue weighted by Gasteiger charge is -2.20. The minimum atomic E-state index is -0.502. The predicted molar refractivity (Wildman–Crippen MR) is 67.7 cm³/mol. The summed E-state index contributed by atoms with van der Waals surface area (Å²) in [6.45, 7) is 3.86.